The number of halogens is 2. The zero-order valence-electron chi connectivity index (χ0n) is 11.7. The lowest BCUT2D eigenvalue weighted by molar-refractivity contribution is 0.506. The van der Waals surface area contributed by atoms with Gasteiger partial charge in [-0.2, -0.15) is 0 Å². The molecule has 4 heteroatoms. The number of nitrogens with one attached hydrogen (secondary N) is 1. The molecular formula is C16H18F2N2. The minimum absolute atomic E-state index is 0.146. The highest BCUT2D eigenvalue weighted by Crippen LogP contribution is 2.22. The summed E-state index contributed by atoms with van der Waals surface area (Å²) in [5, 5.41) is 3.27. The summed E-state index contributed by atoms with van der Waals surface area (Å²) < 4.78 is 27.0. The van der Waals surface area contributed by atoms with Crippen LogP contribution in [0.25, 0.3) is 0 Å². The van der Waals surface area contributed by atoms with Gasteiger partial charge in [0, 0.05) is 17.8 Å². The van der Waals surface area contributed by atoms with Crippen molar-refractivity contribution < 1.29 is 8.78 Å². The summed E-state index contributed by atoms with van der Waals surface area (Å²) in [4.78, 5) is 3.77. The van der Waals surface area contributed by atoms with Crippen LogP contribution < -0.4 is 5.32 Å². The number of aryl methyl sites for hydroxylation is 1. The van der Waals surface area contributed by atoms with Crippen molar-refractivity contribution in [3.05, 3.63) is 65.0 Å². The van der Waals surface area contributed by atoms with Crippen molar-refractivity contribution in [1.29, 1.82) is 0 Å². The molecule has 1 heterocycles. The Morgan fingerprint density at radius 2 is 2.05 bits per heavy atom. The topological polar surface area (TPSA) is 24.9 Å². The molecule has 0 aliphatic rings. The number of benzene rings is 1. The predicted molar refractivity (Wildman–Crippen MR) is 75.5 cm³/mol. The van der Waals surface area contributed by atoms with Gasteiger partial charge in [0.1, 0.15) is 11.6 Å². The van der Waals surface area contributed by atoms with E-state index in [0.717, 1.165) is 17.7 Å². The quantitative estimate of drug-likeness (QED) is 0.903. The molecule has 0 bridgehead atoms. The van der Waals surface area contributed by atoms with Crippen molar-refractivity contribution in [3.8, 4) is 0 Å². The molecule has 1 atom stereocenters. The molecule has 0 saturated heterocycles. The molecule has 106 valence electrons. The third-order valence-electron chi connectivity index (χ3n) is 3.36. The molecule has 0 radical (unpaired) electrons. The number of hydrogen-bond donors (Lipinski definition) is 1. The summed E-state index contributed by atoms with van der Waals surface area (Å²) >= 11 is 0. The Bertz CT molecular complexity index is 584. The lowest BCUT2D eigenvalue weighted by Gasteiger charge is -2.20. The van der Waals surface area contributed by atoms with Gasteiger partial charge in [-0.15, -0.1) is 0 Å². The SMILES string of the molecule is CCNC(Cc1ccc(F)cc1C)c1ccncc1F. The molecule has 0 aliphatic heterocycles. The van der Waals surface area contributed by atoms with E-state index in [1.54, 1.807) is 18.3 Å². The van der Waals surface area contributed by atoms with Gasteiger partial charge >= 0.3 is 0 Å². The van der Waals surface area contributed by atoms with Crippen molar-refractivity contribution in [3.63, 3.8) is 0 Å². The first-order valence-corrected chi connectivity index (χ1v) is 6.69. The molecule has 0 fully saturated rings. The van der Waals surface area contributed by atoms with Gasteiger partial charge in [-0.05, 0) is 49.2 Å². The van der Waals surface area contributed by atoms with Gasteiger partial charge in [-0.25, -0.2) is 8.78 Å². The van der Waals surface area contributed by atoms with Crippen LogP contribution in [0.3, 0.4) is 0 Å². The van der Waals surface area contributed by atoms with Gasteiger partial charge in [0.05, 0.1) is 6.20 Å². The average Bonchev–Trinajstić information content (AvgIpc) is 2.42. The molecule has 1 aromatic carbocycles. The fourth-order valence-electron chi connectivity index (χ4n) is 2.32. The molecular weight excluding hydrogens is 258 g/mol. The van der Waals surface area contributed by atoms with Crippen LogP contribution >= 0.6 is 0 Å². The van der Waals surface area contributed by atoms with Gasteiger partial charge < -0.3 is 5.32 Å². The van der Waals surface area contributed by atoms with Crippen molar-refractivity contribution >= 4 is 0 Å². The summed E-state index contributed by atoms with van der Waals surface area (Å²) in [7, 11) is 0. The summed E-state index contributed by atoms with van der Waals surface area (Å²) in [6, 6.07) is 6.23. The normalized spacial score (nSPS) is 12.4. The molecule has 0 amide bonds. The average molecular weight is 276 g/mol. The monoisotopic (exact) mass is 276 g/mol. The van der Waals surface area contributed by atoms with E-state index in [4.69, 9.17) is 0 Å². The smallest absolute Gasteiger partial charge is 0.146 e. The molecule has 2 nitrogen and oxygen atoms in total. The largest absolute Gasteiger partial charge is 0.310 e. The third-order valence-corrected chi connectivity index (χ3v) is 3.36. The van der Waals surface area contributed by atoms with Gasteiger partial charge in [0.2, 0.25) is 0 Å². The molecule has 2 aromatic rings. The Hall–Kier alpha value is -1.81. The van der Waals surface area contributed by atoms with E-state index in [1.165, 1.54) is 18.3 Å². The number of likely N-dealkylation sites (N-methyl/N-ethyl adjacent to an activating group) is 1. The van der Waals surface area contributed by atoms with E-state index in [9.17, 15) is 8.78 Å². The van der Waals surface area contributed by atoms with E-state index in [1.807, 2.05) is 13.8 Å². The maximum atomic E-state index is 13.9. The van der Waals surface area contributed by atoms with Gasteiger partial charge in [0.15, 0.2) is 0 Å². The van der Waals surface area contributed by atoms with E-state index in [-0.39, 0.29) is 17.7 Å². The maximum absolute atomic E-state index is 13.9. The number of rotatable bonds is 5. The first kappa shape index (κ1) is 14.6. The lowest BCUT2D eigenvalue weighted by Crippen LogP contribution is -2.24. The van der Waals surface area contributed by atoms with Crippen molar-refractivity contribution in [2.75, 3.05) is 6.54 Å². The summed E-state index contributed by atoms with van der Waals surface area (Å²) in [5.41, 5.74) is 2.47. The minimum atomic E-state index is -0.321. The van der Waals surface area contributed by atoms with Crippen molar-refractivity contribution in [2.24, 2.45) is 0 Å². The van der Waals surface area contributed by atoms with Gasteiger partial charge in [-0.1, -0.05) is 13.0 Å². The van der Waals surface area contributed by atoms with Gasteiger partial charge in [0.25, 0.3) is 0 Å². The van der Waals surface area contributed by atoms with Crippen LogP contribution in [0, 0.1) is 18.6 Å². The third kappa shape index (κ3) is 3.39. The molecule has 1 unspecified atom stereocenters. The summed E-state index contributed by atoms with van der Waals surface area (Å²) in [5.74, 6) is -0.570. The second-order valence-corrected chi connectivity index (χ2v) is 4.78. The second kappa shape index (κ2) is 6.57. The second-order valence-electron chi connectivity index (χ2n) is 4.78. The predicted octanol–water partition coefficient (Wildman–Crippen LogP) is 3.56. The number of nitrogens with zero attached hydrogens (tertiary/aromatic N) is 1. The van der Waals surface area contributed by atoms with Crippen LogP contribution in [0.5, 0.6) is 0 Å². The van der Waals surface area contributed by atoms with Gasteiger partial charge in [-0.3, -0.25) is 4.98 Å². The van der Waals surface area contributed by atoms with E-state index < -0.39 is 0 Å². The Balaban J connectivity index is 2.28. The number of aromatic nitrogens is 1. The fraction of sp³-hybridized carbons (Fsp3) is 0.312. The Labute approximate surface area is 117 Å². The first-order chi connectivity index (χ1) is 9.61. The lowest BCUT2D eigenvalue weighted by atomic mass is 9.96. The zero-order valence-corrected chi connectivity index (χ0v) is 11.7. The van der Waals surface area contributed by atoms with Crippen molar-refractivity contribution in [2.45, 2.75) is 26.3 Å². The van der Waals surface area contributed by atoms with Crippen LogP contribution in [0.1, 0.15) is 29.7 Å². The number of hydrogen-bond acceptors (Lipinski definition) is 2. The molecule has 0 spiro atoms. The molecule has 2 rings (SSSR count). The highest BCUT2D eigenvalue weighted by Gasteiger charge is 2.16. The van der Waals surface area contributed by atoms with Crippen molar-refractivity contribution in [1.82, 2.24) is 10.3 Å². The standard InChI is InChI=1S/C16H18F2N2/c1-3-20-16(14-6-7-19-10-15(14)18)9-12-4-5-13(17)8-11(12)2/h4-8,10,16,20H,3,9H2,1-2H3. The van der Waals surface area contributed by atoms with E-state index >= 15 is 0 Å². The number of pyridine rings is 1. The van der Waals surface area contributed by atoms with E-state index in [0.29, 0.717) is 12.0 Å². The molecule has 1 aromatic heterocycles. The highest BCUT2D eigenvalue weighted by atomic mass is 19.1. The minimum Gasteiger partial charge on any atom is -0.310 e. The Kier molecular flexibility index (Phi) is 4.79. The van der Waals surface area contributed by atoms with Crippen LogP contribution in [0.15, 0.2) is 36.7 Å². The molecule has 0 aliphatic carbocycles. The first-order valence-electron chi connectivity index (χ1n) is 6.69. The van der Waals surface area contributed by atoms with Crippen LogP contribution in [0.4, 0.5) is 8.78 Å². The zero-order chi connectivity index (χ0) is 14.5. The molecule has 20 heavy (non-hydrogen) atoms. The maximum Gasteiger partial charge on any atom is 0.146 e. The van der Waals surface area contributed by atoms with E-state index in [2.05, 4.69) is 10.3 Å². The summed E-state index contributed by atoms with van der Waals surface area (Å²) in [6.45, 7) is 4.57. The Morgan fingerprint density at radius 1 is 1.25 bits per heavy atom. The molecule has 1 N–H and O–H groups in total. The van der Waals surface area contributed by atoms with Crippen LogP contribution in [0.2, 0.25) is 0 Å². The van der Waals surface area contributed by atoms with Crippen LogP contribution in [-0.4, -0.2) is 11.5 Å². The Morgan fingerprint density at radius 3 is 2.70 bits per heavy atom. The summed E-state index contributed by atoms with van der Waals surface area (Å²) in [6.07, 6.45) is 3.42. The molecule has 0 saturated carbocycles. The van der Waals surface area contributed by atoms with Crippen LogP contribution in [-0.2, 0) is 6.42 Å². The highest BCUT2D eigenvalue weighted by molar-refractivity contribution is 5.29. The fourth-order valence-corrected chi connectivity index (χ4v) is 2.32.